The van der Waals surface area contributed by atoms with Crippen molar-refractivity contribution in [3.05, 3.63) is 28.2 Å². The van der Waals surface area contributed by atoms with Gasteiger partial charge in [-0.05, 0) is 40.5 Å². The van der Waals surface area contributed by atoms with Crippen molar-refractivity contribution in [2.24, 2.45) is 0 Å². The molecule has 0 bridgehead atoms. The third kappa shape index (κ3) is 6.59. The minimum atomic E-state index is -1.02. The van der Waals surface area contributed by atoms with Crippen LogP contribution in [-0.2, 0) is 4.74 Å². The second kappa shape index (κ2) is 9.36. The zero-order valence-electron chi connectivity index (χ0n) is 11.8. The highest BCUT2D eigenvalue weighted by atomic mass is 79.9. The number of unbranched alkanes of at least 4 members (excludes halogenated alkanes) is 1. The molecule has 0 aliphatic heterocycles. The van der Waals surface area contributed by atoms with Gasteiger partial charge in [-0.1, -0.05) is 13.3 Å². The van der Waals surface area contributed by atoms with Crippen LogP contribution in [0.2, 0.25) is 0 Å². The fourth-order valence-corrected chi connectivity index (χ4v) is 1.98. The van der Waals surface area contributed by atoms with Crippen molar-refractivity contribution >= 4 is 33.6 Å². The number of amides is 2. The summed E-state index contributed by atoms with van der Waals surface area (Å²) in [5.41, 5.74) is 0.654. The number of aromatic carboxylic acids is 1. The minimum absolute atomic E-state index is 0.150. The molecule has 2 amide bonds. The predicted octanol–water partition coefficient (Wildman–Crippen LogP) is 3.09. The standard InChI is InChI=1S/C14H19BrN2O4/c1-2-3-7-21-8-6-16-14(20)17-12-5-4-10(13(18)19)9-11(12)15/h4-5,9H,2-3,6-8H2,1H3,(H,18,19)(H2,16,17,20). The Hall–Kier alpha value is -1.60. The first-order chi connectivity index (χ1) is 10.0. The molecule has 21 heavy (non-hydrogen) atoms. The highest BCUT2D eigenvalue weighted by Crippen LogP contribution is 2.23. The van der Waals surface area contributed by atoms with E-state index in [9.17, 15) is 9.59 Å². The lowest BCUT2D eigenvalue weighted by molar-refractivity contribution is 0.0697. The maximum atomic E-state index is 11.7. The minimum Gasteiger partial charge on any atom is -0.478 e. The summed E-state index contributed by atoms with van der Waals surface area (Å²) >= 11 is 3.22. The van der Waals surface area contributed by atoms with Crippen LogP contribution in [0.5, 0.6) is 0 Å². The summed E-state index contributed by atoms with van der Waals surface area (Å²) in [4.78, 5) is 22.5. The van der Waals surface area contributed by atoms with Gasteiger partial charge in [0.1, 0.15) is 0 Å². The number of hydrogen-bond donors (Lipinski definition) is 3. The van der Waals surface area contributed by atoms with E-state index < -0.39 is 5.97 Å². The number of carbonyl (C=O) groups excluding carboxylic acids is 1. The van der Waals surface area contributed by atoms with Gasteiger partial charge < -0.3 is 20.5 Å². The van der Waals surface area contributed by atoms with Crippen LogP contribution in [0.15, 0.2) is 22.7 Å². The van der Waals surface area contributed by atoms with Gasteiger partial charge in [0.2, 0.25) is 0 Å². The SMILES string of the molecule is CCCCOCCNC(=O)Nc1ccc(C(=O)O)cc1Br. The van der Waals surface area contributed by atoms with Gasteiger partial charge in [0.05, 0.1) is 17.9 Å². The first-order valence-corrected chi connectivity index (χ1v) is 7.49. The molecule has 0 aliphatic carbocycles. The van der Waals surface area contributed by atoms with E-state index in [1.54, 1.807) is 0 Å². The van der Waals surface area contributed by atoms with E-state index in [1.807, 2.05) is 0 Å². The van der Waals surface area contributed by atoms with E-state index in [0.717, 1.165) is 12.8 Å². The van der Waals surface area contributed by atoms with E-state index >= 15 is 0 Å². The van der Waals surface area contributed by atoms with Crippen LogP contribution in [0.3, 0.4) is 0 Å². The van der Waals surface area contributed by atoms with Crippen LogP contribution in [0.1, 0.15) is 30.1 Å². The highest BCUT2D eigenvalue weighted by Gasteiger charge is 2.08. The average molecular weight is 359 g/mol. The van der Waals surface area contributed by atoms with E-state index in [0.29, 0.717) is 29.9 Å². The molecule has 1 aromatic carbocycles. The molecule has 116 valence electrons. The van der Waals surface area contributed by atoms with Gasteiger partial charge in [-0.25, -0.2) is 9.59 Å². The van der Waals surface area contributed by atoms with Gasteiger partial charge in [-0.3, -0.25) is 0 Å². The van der Waals surface area contributed by atoms with Crippen LogP contribution in [0, 0.1) is 0 Å². The molecular weight excluding hydrogens is 340 g/mol. The second-order valence-corrected chi connectivity index (χ2v) is 5.20. The molecule has 7 heteroatoms. The molecule has 0 radical (unpaired) electrons. The number of carbonyl (C=O) groups is 2. The molecule has 0 spiro atoms. The van der Waals surface area contributed by atoms with Gasteiger partial charge in [0.15, 0.2) is 0 Å². The van der Waals surface area contributed by atoms with Crippen LogP contribution in [-0.4, -0.2) is 36.9 Å². The molecule has 6 nitrogen and oxygen atoms in total. The van der Waals surface area contributed by atoms with Crippen LogP contribution in [0.4, 0.5) is 10.5 Å². The molecule has 1 rings (SSSR count). The molecule has 0 unspecified atom stereocenters. The molecule has 0 atom stereocenters. The Morgan fingerprint density at radius 3 is 2.71 bits per heavy atom. The van der Waals surface area contributed by atoms with Gasteiger partial charge in [-0.2, -0.15) is 0 Å². The Morgan fingerprint density at radius 2 is 2.10 bits per heavy atom. The zero-order chi connectivity index (χ0) is 15.7. The third-order valence-electron chi connectivity index (χ3n) is 2.64. The number of anilines is 1. The molecule has 0 saturated carbocycles. The summed E-state index contributed by atoms with van der Waals surface area (Å²) in [7, 11) is 0. The van der Waals surface area contributed by atoms with E-state index in [2.05, 4.69) is 33.5 Å². The van der Waals surface area contributed by atoms with E-state index in [1.165, 1.54) is 18.2 Å². The largest absolute Gasteiger partial charge is 0.478 e. The number of carboxylic acid groups (broad SMARTS) is 1. The number of halogens is 1. The monoisotopic (exact) mass is 358 g/mol. The average Bonchev–Trinajstić information content (AvgIpc) is 2.44. The first kappa shape index (κ1) is 17.5. The molecule has 0 aliphatic rings. The van der Waals surface area contributed by atoms with Crippen molar-refractivity contribution in [1.82, 2.24) is 5.32 Å². The van der Waals surface area contributed by atoms with Crippen LogP contribution < -0.4 is 10.6 Å². The summed E-state index contributed by atoms with van der Waals surface area (Å²) in [6.45, 7) is 3.66. The smallest absolute Gasteiger partial charge is 0.335 e. The lowest BCUT2D eigenvalue weighted by atomic mass is 10.2. The number of hydrogen-bond acceptors (Lipinski definition) is 3. The molecule has 0 saturated heterocycles. The maximum Gasteiger partial charge on any atom is 0.335 e. The summed E-state index contributed by atoms with van der Waals surface area (Å²) in [6, 6.07) is 4.03. The normalized spacial score (nSPS) is 10.2. The van der Waals surface area contributed by atoms with Crippen LogP contribution >= 0.6 is 15.9 Å². The van der Waals surface area contributed by atoms with E-state index in [-0.39, 0.29) is 11.6 Å². The Kier molecular flexibility index (Phi) is 7.78. The molecule has 3 N–H and O–H groups in total. The van der Waals surface area contributed by atoms with Crippen molar-refractivity contribution in [2.75, 3.05) is 25.1 Å². The number of nitrogens with one attached hydrogen (secondary N) is 2. The quantitative estimate of drug-likeness (QED) is 0.623. The summed E-state index contributed by atoms with van der Waals surface area (Å²) < 4.78 is 5.83. The predicted molar refractivity (Wildman–Crippen MR) is 83.8 cm³/mol. The Morgan fingerprint density at radius 1 is 1.33 bits per heavy atom. The topological polar surface area (TPSA) is 87.7 Å². The number of carboxylic acids is 1. The van der Waals surface area contributed by atoms with Crippen molar-refractivity contribution in [1.29, 1.82) is 0 Å². The number of urea groups is 1. The number of benzene rings is 1. The van der Waals surface area contributed by atoms with E-state index in [4.69, 9.17) is 9.84 Å². The van der Waals surface area contributed by atoms with Gasteiger partial charge >= 0.3 is 12.0 Å². The summed E-state index contributed by atoms with van der Waals surface area (Å²) in [6.07, 6.45) is 2.09. The molecule has 0 heterocycles. The number of ether oxygens (including phenoxy) is 1. The van der Waals surface area contributed by atoms with Crippen molar-refractivity contribution in [2.45, 2.75) is 19.8 Å². The summed E-state index contributed by atoms with van der Waals surface area (Å²) in [5.74, 6) is -1.02. The van der Waals surface area contributed by atoms with Crippen molar-refractivity contribution in [3.8, 4) is 0 Å². The first-order valence-electron chi connectivity index (χ1n) is 6.70. The Labute approximate surface area is 132 Å². The maximum absolute atomic E-state index is 11.7. The highest BCUT2D eigenvalue weighted by molar-refractivity contribution is 9.10. The van der Waals surface area contributed by atoms with Crippen LogP contribution in [0.25, 0.3) is 0 Å². The lowest BCUT2D eigenvalue weighted by Crippen LogP contribution is -2.31. The molecular formula is C14H19BrN2O4. The van der Waals surface area contributed by atoms with Crippen molar-refractivity contribution in [3.63, 3.8) is 0 Å². The van der Waals surface area contributed by atoms with Gasteiger partial charge in [-0.15, -0.1) is 0 Å². The summed E-state index contributed by atoms with van der Waals surface area (Å²) in [5, 5.41) is 14.1. The molecule has 0 aromatic heterocycles. The third-order valence-corrected chi connectivity index (χ3v) is 3.29. The molecule has 1 aromatic rings. The fourth-order valence-electron chi connectivity index (χ4n) is 1.50. The van der Waals surface area contributed by atoms with Gasteiger partial charge in [0.25, 0.3) is 0 Å². The Balaban J connectivity index is 2.36. The lowest BCUT2D eigenvalue weighted by Gasteiger charge is -2.10. The Bertz CT molecular complexity index is 494. The second-order valence-electron chi connectivity index (χ2n) is 4.35. The van der Waals surface area contributed by atoms with Gasteiger partial charge in [0, 0.05) is 17.6 Å². The fraction of sp³-hybridized carbons (Fsp3) is 0.429. The zero-order valence-corrected chi connectivity index (χ0v) is 13.4. The molecule has 0 fully saturated rings. The van der Waals surface area contributed by atoms with Crippen molar-refractivity contribution < 1.29 is 19.4 Å². The number of rotatable bonds is 8.